The molecule has 0 saturated carbocycles. The van der Waals surface area contributed by atoms with E-state index < -0.39 is 0 Å². The van der Waals surface area contributed by atoms with E-state index in [9.17, 15) is 4.79 Å². The highest BCUT2D eigenvalue weighted by atomic mass is 32.1. The number of aromatic nitrogens is 2. The molecule has 1 unspecified atom stereocenters. The van der Waals surface area contributed by atoms with E-state index in [0.717, 1.165) is 19.4 Å². The van der Waals surface area contributed by atoms with Crippen LogP contribution in [0.15, 0.2) is 6.20 Å². The molecule has 0 radical (unpaired) electrons. The molecular weight excluding hydrogens is 228 g/mol. The molecule has 0 aromatic carbocycles. The van der Waals surface area contributed by atoms with Crippen molar-refractivity contribution in [1.29, 1.82) is 0 Å². The summed E-state index contributed by atoms with van der Waals surface area (Å²) in [5, 5.41) is 0. The van der Waals surface area contributed by atoms with Gasteiger partial charge in [0, 0.05) is 12.8 Å². The van der Waals surface area contributed by atoms with Gasteiger partial charge in [0.05, 0.1) is 12.6 Å². The topological polar surface area (TPSA) is 85.1 Å². The second kappa shape index (κ2) is 4.77. The number of hydrogen-bond donors (Lipinski definition) is 3. The van der Waals surface area contributed by atoms with Crippen molar-refractivity contribution < 1.29 is 9.53 Å². The number of nitrogens with two attached hydrogens (primary N) is 1. The van der Waals surface area contributed by atoms with E-state index in [2.05, 4.69) is 10.4 Å². The van der Waals surface area contributed by atoms with Crippen LogP contribution in [0.4, 0.5) is 0 Å². The van der Waals surface area contributed by atoms with Crippen LogP contribution < -0.4 is 11.3 Å². The highest BCUT2D eigenvalue weighted by Gasteiger charge is 2.19. The van der Waals surface area contributed by atoms with Crippen molar-refractivity contribution in [2.75, 3.05) is 6.61 Å². The van der Waals surface area contributed by atoms with E-state index in [1.807, 2.05) is 0 Å². The number of nitrogen functional groups attached to an aromatic ring is 1. The lowest BCUT2D eigenvalue weighted by Gasteiger charge is -2.12. The van der Waals surface area contributed by atoms with Gasteiger partial charge < -0.3 is 14.3 Å². The summed E-state index contributed by atoms with van der Waals surface area (Å²) in [6.07, 6.45) is 3.74. The minimum Gasteiger partial charge on any atom is -0.376 e. The molecule has 1 saturated heterocycles. The van der Waals surface area contributed by atoms with Gasteiger partial charge in [-0.15, -0.1) is 0 Å². The smallest absolute Gasteiger partial charge is 0.283 e. The van der Waals surface area contributed by atoms with Gasteiger partial charge in [0.1, 0.15) is 5.69 Å². The average Bonchev–Trinajstić information content (AvgIpc) is 2.90. The van der Waals surface area contributed by atoms with Crippen molar-refractivity contribution >= 4 is 18.1 Å². The summed E-state index contributed by atoms with van der Waals surface area (Å²) < 4.78 is 7.73. The molecule has 88 valence electrons. The fraction of sp³-hybridized carbons (Fsp3) is 0.556. The predicted octanol–water partition coefficient (Wildman–Crippen LogP) is 0.328. The van der Waals surface area contributed by atoms with E-state index in [1.165, 1.54) is 0 Å². The molecule has 16 heavy (non-hydrogen) atoms. The third kappa shape index (κ3) is 2.16. The maximum absolute atomic E-state index is 11.5. The largest absolute Gasteiger partial charge is 0.376 e. The van der Waals surface area contributed by atoms with Crippen LogP contribution in [0.25, 0.3) is 0 Å². The Morgan fingerprint density at radius 1 is 1.81 bits per heavy atom. The van der Waals surface area contributed by atoms with E-state index in [4.69, 9.17) is 22.8 Å². The second-order valence-electron chi connectivity index (χ2n) is 3.70. The fourth-order valence-electron chi connectivity index (χ4n) is 1.83. The minimum atomic E-state index is -0.356. The Labute approximate surface area is 97.7 Å². The van der Waals surface area contributed by atoms with Crippen LogP contribution in [0, 0.1) is 4.77 Å². The minimum absolute atomic E-state index is 0.131. The molecule has 2 rings (SSSR count). The zero-order valence-electron chi connectivity index (χ0n) is 8.73. The molecule has 6 nitrogen and oxygen atoms in total. The molecule has 1 amide bonds. The van der Waals surface area contributed by atoms with Crippen LogP contribution in [0.2, 0.25) is 0 Å². The van der Waals surface area contributed by atoms with Crippen molar-refractivity contribution in [3.8, 4) is 0 Å². The third-order valence-corrected chi connectivity index (χ3v) is 2.98. The highest BCUT2D eigenvalue weighted by molar-refractivity contribution is 7.71. The van der Waals surface area contributed by atoms with Gasteiger partial charge in [-0.2, -0.15) is 0 Å². The molecular formula is C9H14N4O2S. The SMILES string of the molecule is NNC(=O)c1c[nH]c(=S)n1CC1CCCO1. The molecule has 1 fully saturated rings. The number of nitrogens with zero attached hydrogens (tertiary/aromatic N) is 1. The molecule has 1 aromatic heterocycles. The average molecular weight is 242 g/mol. The number of rotatable bonds is 3. The fourth-order valence-corrected chi connectivity index (χ4v) is 2.06. The second-order valence-corrected chi connectivity index (χ2v) is 4.08. The first-order valence-corrected chi connectivity index (χ1v) is 5.54. The Hall–Kier alpha value is -1.18. The van der Waals surface area contributed by atoms with Gasteiger partial charge in [-0.05, 0) is 25.1 Å². The quantitative estimate of drug-likeness (QED) is 0.308. The number of nitrogens with one attached hydrogen (secondary N) is 2. The molecule has 1 atom stereocenters. The summed E-state index contributed by atoms with van der Waals surface area (Å²) in [7, 11) is 0. The normalized spacial score (nSPS) is 19.9. The zero-order valence-corrected chi connectivity index (χ0v) is 9.55. The maximum atomic E-state index is 11.5. The number of carbonyl (C=O) groups is 1. The first-order valence-electron chi connectivity index (χ1n) is 5.13. The molecule has 0 spiro atoms. The molecule has 0 aliphatic carbocycles. The number of ether oxygens (including phenoxy) is 1. The molecule has 1 aliphatic heterocycles. The summed E-state index contributed by atoms with van der Waals surface area (Å²) in [6, 6.07) is 0. The summed E-state index contributed by atoms with van der Waals surface area (Å²) in [6.45, 7) is 1.37. The van der Waals surface area contributed by atoms with Crippen molar-refractivity contribution in [1.82, 2.24) is 15.0 Å². The molecule has 0 bridgehead atoms. The summed E-state index contributed by atoms with van der Waals surface area (Å²) in [5.41, 5.74) is 2.53. The Kier molecular flexibility index (Phi) is 3.37. The van der Waals surface area contributed by atoms with Gasteiger partial charge in [0.2, 0.25) is 0 Å². The lowest BCUT2D eigenvalue weighted by molar-refractivity contribution is 0.0894. The summed E-state index contributed by atoms with van der Waals surface area (Å²) in [4.78, 5) is 14.3. The van der Waals surface area contributed by atoms with E-state index in [1.54, 1.807) is 10.8 Å². The molecule has 2 heterocycles. The van der Waals surface area contributed by atoms with Gasteiger partial charge in [0.15, 0.2) is 4.77 Å². The Morgan fingerprint density at radius 3 is 3.25 bits per heavy atom. The summed E-state index contributed by atoms with van der Waals surface area (Å²) in [5.74, 6) is 4.74. The number of hydrazine groups is 1. The number of H-pyrrole nitrogens is 1. The molecule has 4 N–H and O–H groups in total. The number of aromatic amines is 1. The van der Waals surface area contributed by atoms with Crippen LogP contribution >= 0.6 is 12.2 Å². The number of imidazole rings is 1. The van der Waals surface area contributed by atoms with Gasteiger partial charge >= 0.3 is 0 Å². The number of carbonyl (C=O) groups excluding carboxylic acids is 1. The first-order chi connectivity index (χ1) is 7.72. The zero-order chi connectivity index (χ0) is 11.5. The van der Waals surface area contributed by atoms with Crippen LogP contribution in [-0.4, -0.2) is 28.2 Å². The number of amides is 1. The maximum Gasteiger partial charge on any atom is 0.283 e. The van der Waals surface area contributed by atoms with Crippen molar-refractivity contribution in [3.63, 3.8) is 0 Å². The van der Waals surface area contributed by atoms with Gasteiger partial charge in [-0.3, -0.25) is 10.2 Å². The standard InChI is InChI=1S/C9H14N4O2S/c10-12-8(14)7-4-11-9(16)13(7)5-6-2-1-3-15-6/h4,6H,1-3,5,10H2,(H,11,16)(H,12,14). The monoisotopic (exact) mass is 242 g/mol. The van der Waals surface area contributed by atoms with Crippen LogP contribution in [0.3, 0.4) is 0 Å². The van der Waals surface area contributed by atoms with Crippen LogP contribution in [0.1, 0.15) is 23.3 Å². The van der Waals surface area contributed by atoms with E-state index in [-0.39, 0.29) is 12.0 Å². The third-order valence-electron chi connectivity index (χ3n) is 2.64. The highest BCUT2D eigenvalue weighted by Crippen LogP contribution is 2.15. The van der Waals surface area contributed by atoms with Crippen LogP contribution in [0.5, 0.6) is 0 Å². The lowest BCUT2D eigenvalue weighted by Crippen LogP contribution is -2.32. The Balaban J connectivity index is 2.21. The van der Waals surface area contributed by atoms with Crippen LogP contribution in [-0.2, 0) is 11.3 Å². The van der Waals surface area contributed by atoms with E-state index >= 15 is 0 Å². The van der Waals surface area contributed by atoms with Gasteiger partial charge in [0.25, 0.3) is 5.91 Å². The molecule has 7 heteroatoms. The van der Waals surface area contributed by atoms with Crippen molar-refractivity contribution in [2.45, 2.75) is 25.5 Å². The first kappa shape index (κ1) is 11.3. The van der Waals surface area contributed by atoms with Crippen molar-refractivity contribution in [3.05, 3.63) is 16.7 Å². The Morgan fingerprint density at radius 2 is 2.62 bits per heavy atom. The Bertz CT molecular complexity index is 433. The van der Waals surface area contributed by atoms with Gasteiger partial charge in [-0.1, -0.05) is 0 Å². The van der Waals surface area contributed by atoms with Crippen molar-refractivity contribution in [2.24, 2.45) is 5.84 Å². The molecule has 1 aliphatic rings. The summed E-state index contributed by atoms with van der Waals surface area (Å²) >= 11 is 5.11. The predicted molar refractivity (Wildman–Crippen MR) is 60.2 cm³/mol. The molecule has 1 aromatic rings. The van der Waals surface area contributed by atoms with Gasteiger partial charge in [-0.25, -0.2) is 5.84 Å². The number of hydrogen-bond acceptors (Lipinski definition) is 4. The lowest BCUT2D eigenvalue weighted by atomic mass is 10.2. The van der Waals surface area contributed by atoms with E-state index in [0.29, 0.717) is 17.0 Å².